The fourth-order valence-electron chi connectivity index (χ4n) is 5.25. The molecule has 0 spiro atoms. The number of carbonyl (C=O) groups is 2. The first-order valence-electron chi connectivity index (χ1n) is 11.1. The van der Waals surface area contributed by atoms with E-state index in [1.807, 2.05) is 20.8 Å². The van der Waals surface area contributed by atoms with Crippen molar-refractivity contribution in [2.75, 3.05) is 7.11 Å². The van der Waals surface area contributed by atoms with E-state index >= 15 is 0 Å². The number of carbonyl (C=O) groups excluding carboxylic acids is 2. The lowest BCUT2D eigenvalue weighted by Crippen LogP contribution is -2.43. The SMILES string of the molecule is COc1cc(C2C(C(=O)OC3CCCC3)=C(C)NC3=CC(C)(C)CC(=O)C32)cc(Cl)c1O. The Morgan fingerprint density at radius 2 is 1.91 bits per heavy atom. The Labute approximate surface area is 193 Å². The van der Waals surface area contributed by atoms with Gasteiger partial charge in [0.05, 0.1) is 23.6 Å². The van der Waals surface area contributed by atoms with Crippen LogP contribution in [0.3, 0.4) is 0 Å². The number of fused-ring (bicyclic) bond motifs is 1. The van der Waals surface area contributed by atoms with Gasteiger partial charge in [-0.2, -0.15) is 0 Å². The van der Waals surface area contributed by atoms with Crippen LogP contribution in [0.25, 0.3) is 0 Å². The molecule has 7 heteroatoms. The predicted molar refractivity (Wildman–Crippen MR) is 122 cm³/mol. The number of methoxy groups -OCH3 is 1. The Balaban J connectivity index is 1.86. The third kappa shape index (κ3) is 4.13. The quantitative estimate of drug-likeness (QED) is 0.616. The Hall–Kier alpha value is -2.47. The van der Waals surface area contributed by atoms with Crippen molar-refractivity contribution in [2.24, 2.45) is 11.3 Å². The smallest absolute Gasteiger partial charge is 0.336 e. The highest BCUT2D eigenvalue weighted by Crippen LogP contribution is 2.49. The van der Waals surface area contributed by atoms with Gasteiger partial charge in [0.15, 0.2) is 11.5 Å². The molecule has 0 aromatic heterocycles. The van der Waals surface area contributed by atoms with E-state index in [0.29, 0.717) is 23.3 Å². The van der Waals surface area contributed by atoms with Gasteiger partial charge in [0.2, 0.25) is 0 Å². The maximum atomic E-state index is 13.4. The molecule has 1 aromatic rings. The molecule has 2 unspecified atom stereocenters. The average molecular weight is 460 g/mol. The van der Waals surface area contributed by atoms with Crippen LogP contribution in [0, 0.1) is 11.3 Å². The van der Waals surface area contributed by atoms with Crippen LogP contribution >= 0.6 is 11.6 Å². The minimum Gasteiger partial charge on any atom is -0.503 e. The summed E-state index contributed by atoms with van der Waals surface area (Å²) in [6, 6.07) is 3.26. The van der Waals surface area contributed by atoms with Crippen molar-refractivity contribution in [3.05, 3.63) is 45.8 Å². The molecule has 1 heterocycles. The maximum Gasteiger partial charge on any atom is 0.336 e. The summed E-state index contributed by atoms with van der Waals surface area (Å²) in [7, 11) is 1.44. The fourth-order valence-corrected chi connectivity index (χ4v) is 5.47. The van der Waals surface area contributed by atoms with Gasteiger partial charge in [-0.15, -0.1) is 0 Å². The Morgan fingerprint density at radius 1 is 1.22 bits per heavy atom. The van der Waals surface area contributed by atoms with Crippen LogP contribution in [0.4, 0.5) is 0 Å². The highest BCUT2D eigenvalue weighted by Gasteiger charge is 2.47. The summed E-state index contributed by atoms with van der Waals surface area (Å²) in [6.45, 7) is 5.88. The van der Waals surface area contributed by atoms with E-state index in [-0.39, 0.29) is 33.8 Å². The zero-order chi connectivity index (χ0) is 23.2. The molecule has 172 valence electrons. The molecule has 2 N–H and O–H groups in total. The largest absolute Gasteiger partial charge is 0.503 e. The van der Waals surface area contributed by atoms with Crippen molar-refractivity contribution in [1.82, 2.24) is 5.32 Å². The Bertz CT molecular complexity index is 1020. The number of Topliss-reactive ketones (excluding diaryl/α,β-unsaturated/α-hetero) is 1. The summed E-state index contributed by atoms with van der Waals surface area (Å²) in [4.78, 5) is 26.8. The van der Waals surface area contributed by atoms with Crippen LogP contribution in [-0.4, -0.2) is 30.1 Å². The predicted octanol–water partition coefficient (Wildman–Crippen LogP) is 5.00. The van der Waals surface area contributed by atoms with Crippen molar-refractivity contribution in [3.8, 4) is 11.5 Å². The monoisotopic (exact) mass is 459 g/mol. The number of aromatic hydroxyl groups is 1. The van der Waals surface area contributed by atoms with Gasteiger partial charge in [0, 0.05) is 23.7 Å². The Morgan fingerprint density at radius 3 is 2.56 bits per heavy atom. The number of ether oxygens (including phenoxy) is 2. The summed E-state index contributed by atoms with van der Waals surface area (Å²) < 4.78 is 11.2. The minimum absolute atomic E-state index is 0.0480. The van der Waals surface area contributed by atoms with Gasteiger partial charge >= 0.3 is 5.97 Å². The number of esters is 1. The highest BCUT2D eigenvalue weighted by molar-refractivity contribution is 6.32. The molecule has 2 atom stereocenters. The number of allylic oxidation sites excluding steroid dienone is 3. The van der Waals surface area contributed by atoms with Crippen molar-refractivity contribution in [1.29, 1.82) is 0 Å². The van der Waals surface area contributed by atoms with E-state index in [1.54, 1.807) is 12.1 Å². The Kier molecular flexibility index (Phi) is 6.01. The highest BCUT2D eigenvalue weighted by atomic mass is 35.5. The maximum absolute atomic E-state index is 13.4. The van der Waals surface area contributed by atoms with Crippen LogP contribution in [0.5, 0.6) is 11.5 Å². The third-order valence-electron chi connectivity index (χ3n) is 6.66. The normalized spacial score (nSPS) is 25.2. The van der Waals surface area contributed by atoms with Crippen molar-refractivity contribution in [3.63, 3.8) is 0 Å². The van der Waals surface area contributed by atoms with Gasteiger partial charge < -0.3 is 19.9 Å². The number of rotatable bonds is 4. The number of phenols is 1. The molecular weight excluding hydrogens is 430 g/mol. The topological polar surface area (TPSA) is 84.9 Å². The molecule has 0 amide bonds. The van der Waals surface area contributed by atoms with Gasteiger partial charge in [0.25, 0.3) is 0 Å². The second-order valence-corrected chi connectivity index (χ2v) is 10.1. The van der Waals surface area contributed by atoms with Gasteiger partial charge in [-0.3, -0.25) is 4.79 Å². The number of hydrogen-bond donors (Lipinski definition) is 2. The number of nitrogens with one attached hydrogen (secondary N) is 1. The molecule has 1 aromatic carbocycles. The second-order valence-electron chi connectivity index (χ2n) is 9.72. The van der Waals surface area contributed by atoms with Gasteiger partial charge in [-0.25, -0.2) is 4.79 Å². The van der Waals surface area contributed by atoms with E-state index in [2.05, 4.69) is 11.4 Å². The molecule has 2 aliphatic carbocycles. The lowest BCUT2D eigenvalue weighted by atomic mass is 9.66. The molecule has 0 bridgehead atoms. The van der Waals surface area contributed by atoms with E-state index < -0.39 is 17.8 Å². The second kappa shape index (κ2) is 8.47. The van der Waals surface area contributed by atoms with Crippen LogP contribution in [0.1, 0.15) is 64.4 Å². The van der Waals surface area contributed by atoms with Crippen LogP contribution < -0.4 is 10.1 Å². The van der Waals surface area contributed by atoms with Crippen molar-refractivity contribution in [2.45, 2.75) is 64.9 Å². The summed E-state index contributed by atoms with van der Waals surface area (Å²) in [5.41, 5.74) is 2.22. The molecular formula is C25H30ClNO5. The van der Waals surface area contributed by atoms with E-state index in [0.717, 1.165) is 31.4 Å². The molecule has 3 aliphatic rings. The first-order valence-corrected chi connectivity index (χ1v) is 11.5. The molecule has 4 rings (SSSR count). The molecule has 0 saturated heterocycles. The number of ketones is 1. The van der Waals surface area contributed by atoms with Gasteiger partial charge in [-0.05, 0) is 55.7 Å². The van der Waals surface area contributed by atoms with E-state index in [9.17, 15) is 14.7 Å². The van der Waals surface area contributed by atoms with Crippen LogP contribution in [0.15, 0.2) is 35.2 Å². The average Bonchev–Trinajstić information content (AvgIpc) is 3.20. The van der Waals surface area contributed by atoms with Crippen LogP contribution in [0.2, 0.25) is 5.02 Å². The molecule has 1 saturated carbocycles. The summed E-state index contributed by atoms with van der Waals surface area (Å²) >= 11 is 6.30. The molecule has 32 heavy (non-hydrogen) atoms. The van der Waals surface area contributed by atoms with E-state index in [1.165, 1.54) is 7.11 Å². The summed E-state index contributed by atoms with van der Waals surface area (Å²) in [6.07, 6.45) is 6.16. The lowest BCUT2D eigenvalue weighted by molar-refractivity contribution is -0.144. The number of halogens is 1. The first-order chi connectivity index (χ1) is 15.1. The summed E-state index contributed by atoms with van der Waals surface area (Å²) in [5.74, 6) is -1.50. The van der Waals surface area contributed by atoms with Crippen molar-refractivity contribution >= 4 is 23.4 Å². The number of hydrogen-bond acceptors (Lipinski definition) is 6. The first kappa shape index (κ1) is 22.7. The standard InChI is InChI=1S/C25H30ClNO5/c1-13-20(24(30)32-15-7-5-6-8-15)21(14-9-16(26)23(29)19(10-14)31-4)22-17(27-13)11-25(2,3)12-18(22)28/h9-11,15,21-22,27,29H,5-8,12H2,1-4H3. The zero-order valence-electron chi connectivity index (χ0n) is 19.0. The van der Waals surface area contributed by atoms with Crippen LogP contribution in [-0.2, 0) is 14.3 Å². The fraction of sp³-hybridized carbons (Fsp3) is 0.520. The lowest BCUT2D eigenvalue weighted by Gasteiger charge is -2.41. The molecule has 1 fully saturated rings. The summed E-state index contributed by atoms with van der Waals surface area (Å²) in [5, 5.41) is 13.7. The van der Waals surface area contributed by atoms with Crippen molar-refractivity contribution < 1.29 is 24.2 Å². The number of benzene rings is 1. The van der Waals surface area contributed by atoms with Gasteiger partial charge in [-0.1, -0.05) is 31.5 Å². The van der Waals surface area contributed by atoms with Gasteiger partial charge in [0.1, 0.15) is 11.9 Å². The zero-order valence-corrected chi connectivity index (χ0v) is 19.7. The third-order valence-corrected chi connectivity index (χ3v) is 6.95. The van der Waals surface area contributed by atoms with E-state index in [4.69, 9.17) is 21.1 Å². The number of phenolic OH excluding ortho intramolecular Hbond substituents is 1. The molecule has 1 aliphatic heterocycles. The molecule has 0 radical (unpaired) electrons. The minimum atomic E-state index is -0.591. The molecule has 6 nitrogen and oxygen atoms in total.